The summed E-state index contributed by atoms with van der Waals surface area (Å²) in [6.07, 6.45) is 6.45. The maximum absolute atomic E-state index is 12.8. The molecule has 4 aliphatic rings. The van der Waals surface area contributed by atoms with Crippen molar-refractivity contribution in [2.75, 3.05) is 0 Å². The zero-order chi connectivity index (χ0) is 15.6. The highest BCUT2D eigenvalue weighted by molar-refractivity contribution is 6.30. The molecule has 3 aliphatic carbocycles. The fourth-order valence-electron chi connectivity index (χ4n) is 4.08. The standard InChI is InChI=1S/C18H18ClN3O/c19-12-4-2-11(3-5-12)18(6-1-7-18)20-17(23)16-14-9-10-8-13(10)15(14)21-22-16/h2-5,9,13,15,21-22H,1,6-8H2,(H,20,23). The van der Waals surface area contributed by atoms with Crippen LogP contribution in [0.2, 0.25) is 5.02 Å². The molecule has 2 saturated carbocycles. The number of fused-ring (bicyclic) bond motifs is 3. The van der Waals surface area contributed by atoms with Gasteiger partial charge in [-0.1, -0.05) is 35.4 Å². The first kappa shape index (κ1) is 13.6. The molecule has 5 heteroatoms. The fourth-order valence-corrected chi connectivity index (χ4v) is 4.21. The number of hydrogen-bond donors (Lipinski definition) is 3. The fraction of sp³-hybridized carbons (Fsp3) is 0.389. The van der Waals surface area contributed by atoms with Gasteiger partial charge in [-0.05, 0) is 43.4 Å². The van der Waals surface area contributed by atoms with Gasteiger partial charge in [0.05, 0.1) is 11.6 Å². The molecule has 5 rings (SSSR count). The third-order valence-corrected chi connectivity index (χ3v) is 5.93. The molecule has 0 radical (unpaired) electrons. The van der Waals surface area contributed by atoms with Crippen molar-refractivity contribution in [3.63, 3.8) is 0 Å². The van der Waals surface area contributed by atoms with Crippen LogP contribution >= 0.6 is 11.6 Å². The Balaban J connectivity index is 1.42. The van der Waals surface area contributed by atoms with Gasteiger partial charge in [-0.2, -0.15) is 0 Å². The van der Waals surface area contributed by atoms with E-state index in [1.54, 1.807) is 0 Å². The van der Waals surface area contributed by atoms with Gasteiger partial charge in [-0.15, -0.1) is 0 Å². The van der Waals surface area contributed by atoms with E-state index in [1.165, 1.54) is 12.0 Å². The van der Waals surface area contributed by atoms with Crippen molar-refractivity contribution < 1.29 is 4.79 Å². The Hall–Kier alpha value is -1.78. The summed E-state index contributed by atoms with van der Waals surface area (Å²) in [5, 5.41) is 4.00. The van der Waals surface area contributed by atoms with Crippen LogP contribution in [0.25, 0.3) is 0 Å². The lowest BCUT2D eigenvalue weighted by Crippen LogP contribution is -2.52. The summed E-state index contributed by atoms with van der Waals surface area (Å²) in [5.41, 5.74) is 10.5. The predicted octanol–water partition coefficient (Wildman–Crippen LogP) is 2.53. The molecule has 1 aliphatic heterocycles. The Bertz CT molecular complexity index is 761. The van der Waals surface area contributed by atoms with E-state index in [0.717, 1.165) is 35.4 Å². The van der Waals surface area contributed by atoms with Gasteiger partial charge in [0.25, 0.3) is 5.91 Å². The Labute approximate surface area is 139 Å². The van der Waals surface area contributed by atoms with Gasteiger partial charge < -0.3 is 10.7 Å². The monoisotopic (exact) mass is 327 g/mol. The van der Waals surface area contributed by atoms with Crippen molar-refractivity contribution in [2.24, 2.45) is 5.92 Å². The van der Waals surface area contributed by atoms with Gasteiger partial charge in [0.1, 0.15) is 5.70 Å². The molecule has 1 heterocycles. The molecular formula is C18H18ClN3O. The third-order valence-electron chi connectivity index (χ3n) is 5.68. The second-order valence-electron chi connectivity index (χ2n) is 7.00. The van der Waals surface area contributed by atoms with Crippen LogP contribution in [0.5, 0.6) is 0 Å². The number of nitrogens with one attached hydrogen (secondary N) is 3. The second kappa shape index (κ2) is 4.62. The molecule has 23 heavy (non-hydrogen) atoms. The highest BCUT2D eigenvalue weighted by Gasteiger charge is 2.49. The molecule has 4 nitrogen and oxygen atoms in total. The number of benzene rings is 1. The van der Waals surface area contributed by atoms with Crippen LogP contribution in [0.15, 0.2) is 47.2 Å². The summed E-state index contributed by atoms with van der Waals surface area (Å²) >= 11 is 5.99. The van der Waals surface area contributed by atoms with E-state index in [1.807, 2.05) is 24.3 Å². The number of carbonyl (C=O) groups is 1. The summed E-state index contributed by atoms with van der Waals surface area (Å²) in [6, 6.07) is 8.13. The average molecular weight is 328 g/mol. The minimum absolute atomic E-state index is 0.0113. The van der Waals surface area contributed by atoms with Gasteiger partial charge in [0, 0.05) is 16.5 Å². The smallest absolute Gasteiger partial charge is 0.269 e. The minimum atomic E-state index is -0.246. The Morgan fingerprint density at radius 2 is 2.04 bits per heavy atom. The van der Waals surface area contributed by atoms with Gasteiger partial charge in [-0.25, -0.2) is 5.43 Å². The quantitative estimate of drug-likeness (QED) is 0.799. The zero-order valence-corrected chi connectivity index (χ0v) is 13.4. The van der Waals surface area contributed by atoms with Crippen LogP contribution in [0.1, 0.15) is 31.2 Å². The van der Waals surface area contributed by atoms with E-state index in [0.29, 0.717) is 17.7 Å². The summed E-state index contributed by atoms with van der Waals surface area (Å²) < 4.78 is 0. The Morgan fingerprint density at radius 1 is 1.26 bits per heavy atom. The van der Waals surface area contributed by atoms with Crippen molar-refractivity contribution in [1.29, 1.82) is 0 Å². The molecule has 2 unspecified atom stereocenters. The van der Waals surface area contributed by atoms with Crippen molar-refractivity contribution in [2.45, 2.75) is 37.3 Å². The summed E-state index contributed by atoms with van der Waals surface area (Å²) in [7, 11) is 0. The normalized spacial score (nSPS) is 29.2. The summed E-state index contributed by atoms with van der Waals surface area (Å²) in [6.45, 7) is 0. The lowest BCUT2D eigenvalue weighted by atomic mass is 9.71. The maximum atomic E-state index is 12.8. The minimum Gasteiger partial charge on any atom is -0.341 e. The maximum Gasteiger partial charge on any atom is 0.269 e. The van der Waals surface area contributed by atoms with E-state index in [4.69, 9.17) is 11.6 Å². The van der Waals surface area contributed by atoms with Crippen LogP contribution in [-0.4, -0.2) is 11.9 Å². The highest BCUT2D eigenvalue weighted by Crippen LogP contribution is 2.51. The van der Waals surface area contributed by atoms with E-state index >= 15 is 0 Å². The molecule has 2 atom stereocenters. The average Bonchev–Trinajstić information content (AvgIpc) is 2.99. The first-order valence-electron chi connectivity index (χ1n) is 8.21. The van der Waals surface area contributed by atoms with Gasteiger partial charge in [0.2, 0.25) is 0 Å². The van der Waals surface area contributed by atoms with Crippen molar-refractivity contribution >= 4 is 17.5 Å². The predicted molar refractivity (Wildman–Crippen MR) is 88.4 cm³/mol. The highest BCUT2D eigenvalue weighted by atomic mass is 35.5. The molecule has 0 spiro atoms. The first-order valence-corrected chi connectivity index (χ1v) is 8.59. The lowest BCUT2D eigenvalue weighted by molar-refractivity contribution is -0.121. The molecule has 1 aromatic carbocycles. The van der Waals surface area contributed by atoms with Crippen molar-refractivity contribution in [3.8, 4) is 0 Å². The van der Waals surface area contributed by atoms with Crippen molar-refractivity contribution in [3.05, 3.63) is 57.8 Å². The Kier molecular flexibility index (Phi) is 2.74. The molecule has 1 amide bonds. The van der Waals surface area contributed by atoms with Crippen LogP contribution in [0.4, 0.5) is 0 Å². The first-order chi connectivity index (χ1) is 11.2. The van der Waals surface area contributed by atoms with E-state index in [9.17, 15) is 4.79 Å². The summed E-state index contributed by atoms with van der Waals surface area (Å²) in [5.74, 6) is 0.597. The number of halogens is 1. The number of amides is 1. The van der Waals surface area contributed by atoms with Gasteiger partial charge in [0.15, 0.2) is 0 Å². The van der Waals surface area contributed by atoms with Crippen LogP contribution in [0, 0.1) is 5.92 Å². The van der Waals surface area contributed by atoms with E-state index in [-0.39, 0.29) is 11.4 Å². The number of carbonyl (C=O) groups excluding carboxylic acids is 1. The largest absolute Gasteiger partial charge is 0.341 e. The molecular weight excluding hydrogens is 310 g/mol. The zero-order valence-electron chi connectivity index (χ0n) is 12.7. The van der Waals surface area contributed by atoms with Gasteiger partial charge in [-0.3, -0.25) is 4.79 Å². The third kappa shape index (κ3) is 1.98. The van der Waals surface area contributed by atoms with E-state index in [2.05, 4.69) is 22.2 Å². The number of hydrogen-bond acceptors (Lipinski definition) is 3. The molecule has 2 fully saturated rings. The molecule has 0 bridgehead atoms. The second-order valence-corrected chi connectivity index (χ2v) is 7.44. The molecule has 118 valence electrons. The topological polar surface area (TPSA) is 53.2 Å². The molecule has 0 aromatic heterocycles. The van der Waals surface area contributed by atoms with Crippen molar-refractivity contribution in [1.82, 2.24) is 16.2 Å². The molecule has 3 N–H and O–H groups in total. The Morgan fingerprint density at radius 3 is 2.74 bits per heavy atom. The summed E-state index contributed by atoms with van der Waals surface area (Å²) in [4.78, 5) is 12.8. The SMILES string of the molecule is O=C(NC1(c2ccc(Cl)cc2)CCC1)C1=C2C=C3CC3C2NN1. The van der Waals surface area contributed by atoms with Crippen LogP contribution < -0.4 is 16.2 Å². The number of hydrazine groups is 1. The number of rotatable bonds is 3. The lowest BCUT2D eigenvalue weighted by Gasteiger charge is -2.43. The molecule has 1 aromatic rings. The van der Waals surface area contributed by atoms with E-state index < -0.39 is 0 Å². The van der Waals surface area contributed by atoms with Gasteiger partial charge >= 0.3 is 0 Å². The van der Waals surface area contributed by atoms with Crippen LogP contribution in [0.3, 0.4) is 0 Å². The molecule has 0 saturated heterocycles. The van der Waals surface area contributed by atoms with Crippen LogP contribution in [-0.2, 0) is 10.3 Å².